The summed E-state index contributed by atoms with van der Waals surface area (Å²) in [6.45, 7) is 5.74. The van der Waals surface area contributed by atoms with Crippen molar-refractivity contribution in [3.63, 3.8) is 0 Å². The minimum atomic E-state index is 0.0751. The molecule has 0 radical (unpaired) electrons. The molecule has 1 aliphatic rings. The number of aryl methyl sites for hydroxylation is 1. The average Bonchev–Trinajstić information content (AvgIpc) is 2.80. The highest BCUT2D eigenvalue weighted by atomic mass is 32.2. The van der Waals surface area contributed by atoms with Crippen LogP contribution in [-0.2, 0) is 23.0 Å². The van der Waals surface area contributed by atoms with Gasteiger partial charge in [-0.1, -0.05) is 6.92 Å². The van der Waals surface area contributed by atoms with Gasteiger partial charge in [0, 0.05) is 50.7 Å². The summed E-state index contributed by atoms with van der Waals surface area (Å²) in [5, 5.41) is 3.66. The van der Waals surface area contributed by atoms with Crippen LogP contribution in [0.1, 0.15) is 32.3 Å². The average molecular weight is 310 g/mol. The molecule has 4 nitrogen and oxygen atoms in total. The molecule has 118 valence electrons. The molecule has 0 spiro atoms. The largest absolute Gasteiger partial charge is 0.381 e. The number of nitrogens with one attached hydrogen (secondary N) is 1. The second-order valence-corrected chi connectivity index (χ2v) is 7.25. The van der Waals surface area contributed by atoms with E-state index in [0.717, 1.165) is 43.1 Å². The van der Waals surface area contributed by atoms with Crippen LogP contribution in [0.5, 0.6) is 0 Å². The zero-order chi connectivity index (χ0) is 15.2. The molecule has 0 bridgehead atoms. The third kappa shape index (κ3) is 4.78. The Morgan fingerprint density at radius 2 is 2.19 bits per heavy atom. The van der Waals surface area contributed by atoms with Crippen LogP contribution in [0.3, 0.4) is 0 Å². The van der Waals surface area contributed by atoms with Crippen molar-refractivity contribution in [2.45, 2.75) is 44.4 Å². The predicted octanol–water partition coefficient (Wildman–Crippen LogP) is 2.87. The number of aromatic nitrogens is 1. The van der Waals surface area contributed by atoms with Crippen LogP contribution < -0.4 is 5.32 Å². The summed E-state index contributed by atoms with van der Waals surface area (Å²) in [5.41, 5.74) is 2.21. The quantitative estimate of drug-likeness (QED) is 0.841. The van der Waals surface area contributed by atoms with E-state index in [0.29, 0.717) is 18.2 Å². The van der Waals surface area contributed by atoms with E-state index in [2.05, 4.69) is 24.6 Å². The number of thioether (sulfide) groups is 1. The lowest BCUT2D eigenvalue weighted by molar-refractivity contribution is -0.117. The predicted molar refractivity (Wildman–Crippen MR) is 89.2 cm³/mol. The molecule has 21 heavy (non-hydrogen) atoms. The molecule has 5 heteroatoms. The normalized spacial score (nSPS) is 17.7. The molecule has 0 amide bonds. The summed E-state index contributed by atoms with van der Waals surface area (Å²) in [4.78, 5) is 12.3. The summed E-state index contributed by atoms with van der Waals surface area (Å²) in [6.07, 6.45) is 6.72. The van der Waals surface area contributed by atoms with Crippen molar-refractivity contribution in [3.05, 3.63) is 18.0 Å². The number of nitrogens with zero attached hydrogens (tertiary/aromatic N) is 1. The lowest BCUT2D eigenvalue weighted by Crippen LogP contribution is -2.28. The molecule has 2 rings (SSSR count). The third-order valence-electron chi connectivity index (χ3n) is 3.85. The molecular formula is C16H26N2O2S. The first kappa shape index (κ1) is 16.4. The molecule has 1 aromatic rings. The number of hydrogen-bond donors (Lipinski definition) is 1. The van der Waals surface area contributed by atoms with Gasteiger partial charge in [0.2, 0.25) is 0 Å². The van der Waals surface area contributed by atoms with Gasteiger partial charge in [-0.2, -0.15) is 11.8 Å². The monoisotopic (exact) mass is 310 g/mol. The summed E-state index contributed by atoms with van der Waals surface area (Å²) < 4.78 is 7.42. The molecule has 2 heterocycles. The number of ether oxygens (including phenoxy) is 1. The topological polar surface area (TPSA) is 43.3 Å². The second kappa shape index (κ2) is 7.90. The number of anilines is 1. The highest BCUT2D eigenvalue weighted by molar-refractivity contribution is 8.00. The second-order valence-electron chi connectivity index (χ2n) is 5.63. The van der Waals surface area contributed by atoms with E-state index in [9.17, 15) is 4.79 Å². The van der Waals surface area contributed by atoms with E-state index in [1.807, 2.05) is 18.5 Å². The van der Waals surface area contributed by atoms with Crippen molar-refractivity contribution in [2.24, 2.45) is 7.05 Å². The van der Waals surface area contributed by atoms with Gasteiger partial charge in [-0.15, -0.1) is 0 Å². The van der Waals surface area contributed by atoms with Gasteiger partial charge in [0.15, 0.2) is 0 Å². The Hall–Kier alpha value is -0.940. The molecule has 0 aromatic carbocycles. The number of hydrogen-bond acceptors (Lipinski definition) is 4. The van der Waals surface area contributed by atoms with Gasteiger partial charge in [0.1, 0.15) is 5.78 Å². The number of carbonyl (C=O) groups is 1. The zero-order valence-electron chi connectivity index (χ0n) is 13.2. The van der Waals surface area contributed by atoms with Gasteiger partial charge in [-0.3, -0.25) is 4.79 Å². The van der Waals surface area contributed by atoms with Crippen molar-refractivity contribution < 1.29 is 9.53 Å². The molecule has 0 aliphatic carbocycles. The first-order valence-corrected chi connectivity index (χ1v) is 8.78. The molecular weight excluding hydrogens is 284 g/mol. The van der Waals surface area contributed by atoms with E-state index in [1.54, 1.807) is 11.8 Å². The molecule has 1 saturated heterocycles. The summed E-state index contributed by atoms with van der Waals surface area (Å²) >= 11 is 1.71. The fourth-order valence-electron chi connectivity index (χ4n) is 2.65. The standard InChI is InChI=1S/C16H26N2O2S/c1-4-21-12(2)16(19)9-13-10-18(3)11-15(13)17-14-5-7-20-8-6-14/h10-12,14,17H,4-9H2,1-3H3. The summed E-state index contributed by atoms with van der Waals surface area (Å²) in [5.74, 6) is 1.29. The Labute approximate surface area is 131 Å². The molecule has 1 aromatic heterocycles. The molecule has 1 aliphatic heterocycles. The van der Waals surface area contributed by atoms with E-state index < -0.39 is 0 Å². The van der Waals surface area contributed by atoms with E-state index in [-0.39, 0.29) is 5.25 Å². The van der Waals surface area contributed by atoms with E-state index in [1.165, 1.54) is 0 Å². The van der Waals surface area contributed by atoms with Crippen molar-refractivity contribution >= 4 is 23.2 Å². The molecule has 1 atom stereocenters. The van der Waals surface area contributed by atoms with Gasteiger partial charge in [0.25, 0.3) is 0 Å². The Bertz CT molecular complexity index is 467. The van der Waals surface area contributed by atoms with Crippen LogP contribution in [0.4, 0.5) is 5.69 Å². The Morgan fingerprint density at radius 3 is 2.86 bits per heavy atom. The van der Waals surface area contributed by atoms with Gasteiger partial charge in [-0.05, 0) is 25.5 Å². The molecule has 1 unspecified atom stereocenters. The number of rotatable bonds is 7. The van der Waals surface area contributed by atoms with Gasteiger partial charge < -0.3 is 14.6 Å². The fraction of sp³-hybridized carbons (Fsp3) is 0.688. The van der Waals surface area contributed by atoms with E-state index in [4.69, 9.17) is 4.74 Å². The minimum absolute atomic E-state index is 0.0751. The highest BCUT2D eigenvalue weighted by Crippen LogP contribution is 2.23. The van der Waals surface area contributed by atoms with Crippen LogP contribution in [0.15, 0.2) is 12.4 Å². The minimum Gasteiger partial charge on any atom is -0.381 e. The van der Waals surface area contributed by atoms with Crippen molar-refractivity contribution in [3.8, 4) is 0 Å². The van der Waals surface area contributed by atoms with Crippen molar-refractivity contribution in [2.75, 3.05) is 24.3 Å². The van der Waals surface area contributed by atoms with Gasteiger partial charge >= 0.3 is 0 Å². The SMILES string of the molecule is CCSC(C)C(=O)Cc1cn(C)cc1NC1CCOCC1. The summed E-state index contributed by atoms with van der Waals surface area (Å²) in [7, 11) is 2.01. The van der Waals surface area contributed by atoms with Gasteiger partial charge in [0.05, 0.1) is 10.9 Å². The lowest BCUT2D eigenvalue weighted by atomic mass is 10.1. The maximum atomic E-state index is 12.3. The van der Waals surface area contributed by atoms with Crippen LogP contribution in [0.25, 0.3) is 0 Å². The first-order chi connectivity index (χ1) is 10.1. The maximum Gasteiger partial charge on any atom is 0.150 e. The van der Waals surface area contributed by atoms with Crippen LogP contribution >= 0.6 is 11.8 Å². The number of Topliss-reactive ketones (excluding diaryl/α,β-unsaturated/α-hetero) is 1. The number of ketones is 1. The molecule has 1 N–H and O–H groups in total. The third-order valence-corrected chi connectivity index (χ3v) is 4.95. The Balaban J connectivity index is 2.00. The molecule has 1 fully saturated rings. The Kier molecular flexibility index (Phi) is 6.18. The maximum absolute atomic E-state index is 12.3. The van der Waals surface area contributed by atoms with Crippen molar-refractivity contribution in [1.82, 2.24) is 4.57 Å². The van der Waals surface area contributed by atoms with Crippen LogP contribution in [0.2, 0.25) is 0 Å². The summed E-state index contributed by atoms with van der Waals surface area (Å²) in [6, 6.07) is 0.456. The van der Waals surface area contributed by atoms with Crippen LogP contribution in [0, 0.1) is 0 Å². The number of carbonyl (C=O) groups excluding carboxylic acids is 1. The molecule has 0 saturated carbocycles. The lowest BCUT2D eigenvalue weighted by Gasteiger charge is -2.24. The smallest absolute Gasteiger partial charge is 0.150 e. The van der Waals surface area contributed by atoms with E-state index >= 15 is 0 Å². The zero-order valence-corrected chi connectivity index (χ0v) is 14.0. The van der Waals surface area contributed by atoms with Crippen molar-refractivity contribution in [1.29, 1.82) is 0 Å². The van der Waals surface area contributed by atoms with Crippen LogP contribution in [-0.4, -0.2) is 40.6 Å². The fourth-order valence-corrected chi connectivity index (χ4v) is 3.42. The Morgan fingerprint density at radius 1 is 1.48 bits per heavy atom. The van der Waals surface area contributed by atoms with Gasteiger partial charge in [-0.25, -0.2) is 0 Å². The highest BCUT2D eigenvalue weighted by Gasteiger charge is 2.19. The first-order valence-electron chi connectivity index (χ1n) is 7.73.